The second-order valence-electron chi connectivity index (χ2n) is 5.67. The van der Waals surface area contributed by atoms with E-state index >= 15 is 0 Å². The van der Waals surface area contributed by atoms with Crippen LogP contribution in [0.4, 0.5) is 0 Å². The van der Waals surface area contributed by atoms with E-state index in [0.29, 0.717) is 6.04 Å². The molecule has 1 aliphatic rings. The molecule has 100 valence electrons. The molecular formula is C16H26N2. The summed E-state index contributed by atoms with van der Waals surface area (Å²) < 4.78 is 0. The van der Waals surface area contributed by atoms with Crippen LogP contribution >= 0.6 is 0 Å². The summed E-state index contributed by atoms with van der Waals surface area (Å²) in [5, 5.41) is 0. The van der Waals surface area contributed by atoms with Crippen molar-refractivity contribution in [3.8, 4) is 0 Å². The standard InChI is InChI=1S/C16H26N2/c1-18(13-15-9-5-6-10-15)16(12-17)11-14-7-3-2-4-8-14/h2-4,7-8,15-16H,5-6,9-13,17H2,1H3. The van der Waals surface area contributed by atoms with Gasteiger partial charge in [-0.05, 0) is 37.8 Å². The number of benzene rings is 1. The van der Waals surface area contributed by atoms with Crippen LogP contribution in [0.3, 0.4) is 0 Å². The predicted octanol–water partition coefficient (Wildman–Crippen LogP) is 2.68. The molecule has 1 unspecified atom stereocenters. The quantitative estimate of drug-likeness (QED) is 0.836. The van der Waals surface area contributed by atoms with Crippen molar-refractivity contribution in [1.29, 1.82) is 0 Å². The molecule has 0 bridgehead atoms. The molecule has 0 aliphatic heterocycles. The van der Waals surface area contributed by atoms with Crippen molar-refractivity contribution < 1.29 is 0 Å². The van der Waals surface area contributed by atoms with E-state index in [4.69, 9.17) is 5.73 Å². The molecule has 2 heteroatoms. The second kappa shape index (κ2) is 6.91. The van der Waals surface area contributed by atoms with E-state index in [2.05, 4.69) is 42.3 Å². The molecule has 0 heterocycles. The van der Waals surface area contributed by atoms with E-state index in [1.54, 1.807) is 0 Å². The van der Waals surface area contributed by atoms with Gasteiger partial charge in [0.05, 0.1) is 0 Å². The first-order valence-electron chi connectivity index (χ1n) is 7.24. The maximum atomic E-state index is 5.95. The topological polar surface area (TPSA) is 29.3 Å². The molecule has 1 fully saturated rings. The van der Waals surface area contributed by atoms with Crippen LogP contribution in [0.15, 0.2) is 30.3 Å². The molecule has 2 rings (SSSR count). The third kappa shape index (κ3) is 3.82. The monoisotopic (exact) mass is 246 g/mol. The highest BCUT2D eigenvalue weighted by Gasteiger charge is 2.20. The summed E-state index contributed by atoms with van der Waals surface area (Å²) in [5.41, 5.74) is 7.35. The molecule has 0 aromatic heterocycles. The van der Waals surface area contributed by atoms with E-state index in [1.165, 1.54) is 37.8 Å². The molecule has 0 spiro atoms. The Hall–Kier alpha value is -0.860. The lowest BCUT2D eigenvalue weighted by molar-refractivity contribution is 0.209. The number of likely N-dealkylation sites (N-methyl/N-ethyl adjacent to an activating group) is 1. The largest absolute Gasteiger partial charge is 0.329 e. The molecule has 1 atom stereocenters. The Kier molecular flexibility index (Phi) is 5.21. The van der Waals surface area contributed by atoms with Crippen LogP contribution in [-0.2, 0) is 6.42 Å². The minimum absolute atomic E-state index is 0.480. The summed E-state index contributed by atoms with van der Waals surface area (Å²) in [6, 6.07) is 11.2. The highest BCUT2D eigenvalue weighted by atomic mass is 15.1. The van der Waals surface area contributed by atoms with Gasteiger partial charge in [-0.25, -0.2) is 0 Å². The summed E-state index contributed by atoms with van der Waals surface area (Å²) in [4.78, 5) is 2.48. The van der Waals surface area contributed by atoms with Crippen LogP contribution < -0.4 is 5.73 Å². The molecule has 18 heavy (non-hydrogen) atoms. The summed E-state index contributed by atoms with van der Waals surface area (Å²) in [6.45, 7) is 1.97. The van der Waals surface area contributed by atoms with Gasteiger partial charge in [0.15, 0.2) is 0 Å². The van der Waals surface area contributed by atoms with E-state index in [1.807, 2.05) is 0 Å². The van der Waals surface area contributed by atoms with E-state index in [-0.39, 0.29) is 0 Å². The summed E-state index contributed by atoms with van der Waals surface area (Å²) >= 11 is 0. The third-order valence-corrected chi connectivity index (χ3v) is 4.23. The Morgan fingerprint density at radius 1 is 1.22 bits per heavy atom. The maximum Gasteiger partial charge on any atom is 0.0255 e. The molecule has 0 saturated heterocycles. The van der Waals surface area contributed by atoms with Crippen molar-refractivity contribution >= 4 is 0 Å². The van der Waals surface area contributed by atoms with Crippen molar-refractivity contribution in [3.05, 3.63) is 35.9 Å². The summed E-state index contributed by atoms with van der Waals surface area (Å²) in [6.07, 6.45) is 6.73. The predicted molar refractivity (Wildman–Crippen MR) is 77.6 cm³/mol. The lowest BCUT2D eigenvalue weighted by Crippen LogP contribution is -2.41. The fourth-order valence-corrected chi connectivity index (χ4v) is 3.05. The maximum absolute atomic E-state index is 5.95. The Bertz CT molecular complexity index is 330. The van der Waals surface area contributed by atoms with Gasteiger partial charge in [0, 0.05) is 19.1 Å². The first-order chi connectivity index (χ1) is 8.79. The van der Waals surface area contributed by atoms with Gasteiger partial charge in [0.2, 0.25) is 0 Å². The van der Waals surface area contributed by atoms with Crippen LogP contribution in [0.1, 0.15) is 31.2 Å². The fourth-order valence-electron chi connectivity index (χ4n) is 3.05. The van der Waals surface area contributed by atoms with Crippen LogP contribution in [0, 0.1) is 5.92 Å². The van der Waals surface area contributed by atoms with E-state index in [9.17, 15) is 0 Å². The highest BCUT2D eigenvalue weighted by Crippen LogP contribution is 2.25. The van der Waals surface area contributed by atoms with Gasteiger partial charge in [0.1, 0.15) is 0 Å². The minimum atomic E-state index is 0.480. The molecular weight excluding hydrogens is 220 g/mol. The SMILES string of the molecule is CN(CC1CCCC1)C(CN)Cc1ccccc1. The van der Waals surface area contributed by atoms with Gasteiger partial charge < -0.3 is 10.6 Å². The van der Waals surface area contributed by atoms with Gasteiger partial charge in [-0.2, -0.15) is 0 Å². The summed E-state index contributed by atoms with van der Waals surface area (Å²) in [5.74, 6) is 0.903. The zero-order valence-corrected chi connectivity index (χ0v) is 11.5. The number of nitrogens with zero attached hydrogens (tertiary/aromatic N) is 1. The van der Waals surface area contributed by atoms with Crippen molar-refractivity contribution in [2.75, 3.05) is 20.1 Å². The Balaban J connectivity index is 1.87. The average Bonchev–Trinajstić information content (AvgIpc) is 2.90. The van der Waals surface area contributed by atoms with Gasteiger partial charge in [-0.1, -0.05) is 43.2 Å². The third-order valence-electron chi connectivity index (χ3n) is 4.23. The lowest BCUT2D eigenvalue weighted by Gasteiger charge is -2.29. The number of hydrogen-bond acceptors (Lipinski definition) is 2. The van der Waals surface area contributed by atoms with Crippen LogP contribution in [-0.4, -0.2) is 31.1 Å². The molecule has 0 radical (unpaired) electrons. The Morgan fingerprint density at radius 2 is 1.89 bits per heavy atom. The molecule has 0 amide bonds. The van der Waals surface area contributed by atoms with E-state index < -0.39 is 0 Å². The number of rotatable bonds is 6. The van der Waals surface area contributed by atoms with Gasteiger partial charge in [0.25, 0.3) is 0 Å². The Morgan fingerprint density at radius 3 is 2.50 bits per heavy atom. The zero-order chi connectivity index (χ0) is 12.8. The van der Waals surface area contributed by atoms with Gasteiger partial charge in [-0.15, -0.1) is 0 Å². The molecule has 2 nitrogen and oxygen atoms in total. The highest BCUT2D eigenvalue weighted by molar-refractivity contribution is 5.16. The van der Waals surface area contributed by atoms with Crippen molar-refractivity contribution in [2.45, 2.75) is 38.1 Å². The lowest BCUT2D eigenvalue weighted by atomic mass is 10.0. The Labute approximate surface area is 111 Å². The summed E-state index contributed by atoms with van der Waals surface area (Å²) in [7, 11) is 2.23. The van der Waals surface area contributed by atoms with Crippen molar-refractivity contribution in [3.63, 3.8) is 0 Å². The fraction of sp³-hybridized carbons (Fsp3) is 0.625. The molecule has 1 aromatic carbocycles. The van der Waals surface area contributed by atoms with Crippen LogP contribution in [0.25, 0.3) is 0 Å². The number of nitrogens with two attached hydrogens (primary N) is 1. The number of hydrogen-bond donors (Lipinski definition) is 1. The second-order valence-corrected chi connectivity index (χ2v) is 5.67. The van der Waals surface area contributed by atoms with Crippen LogP contribution in [0.5, 0.6) is 0 Å². The van der Waals surface area contributed by atoms with Crippen molar-refractivity contribution in [1.82, 2.24) is 4.90 Å². The van der Waals surface area contributed by atoms with Crippen LogP contribution in [0.2, 0.25) is 0 Å². The molecule has 1 saturated carbocycles. The first-order valence-corrected chi connectivity index (χ1v) is 7.24. The first kappa shape index (κ1) is 13.6. The molecule has 1 aliphatic carbocycles. The van der Waals surface area contributed by atoms with Crippen molar-refractivity contribution in [2.24, 2.45) is 11.7 Å². The van der Waals surface area contributed by atoms with E-state index in [0.717, 1.165) is 18.9 Å². The zero-order valence-electron chi connectivity index (χ0n) is 11.5. The van der Waals surface area contributed by atoms with Gasteiger partial charge in [-0.3, -0.25) is 0 Å². The molecule has 2 N–H and O–H groups in total. The smallest absolute Gasteiger partial charge is 0.0255 e. The minimum Gasteiger partial charge on any atom is -0.329 e. The average molecular weight is 246 g/mol. The van der Waals surface area contributed by atoms with Gasteiger partial charge >= 0.3 is 0 Å². The normalized spacial score (nSPS) is 18.4. The molecule has 1 aromatic rings.